The Balaban J connectivity index is 2.54. The molecule has 0 saturated carbocycles. The van der Waals surface area contributed by atoms with Crippen LogP contribution >= 0.6 is 0 Å². The molecule has 1 aliphatic rings. The van der Waals surface area contributed by atoms with Crippen molar-refractivity contribution in [2.24, 2.45) is 0 Å². The number of likely N-dealkylation sites (N-methyl/N-ethyl adjacent to an activating group) is 1. The van der Waals surface area contributed by atoms with Gasteiger partial charge in [0.2, 0.25) is 0 Å². The zero-order chi connectivity index (χ0) is 14.4. The molecule has 0 radical (unpaired) electrons. The summed E-state index contributed by atoms with van der Waals surface area (Å²) in [6.07, 6.45) is -3.54. The third-order valence-electron chi connectivity index (χ3n) is 3.79. The Bertz CT molecular complexity index is 471. The monoisotopic (exact) mass is 271 g/mol. The van der Waals surface area contributed by atoms with E-state index in [0.29, 0.717) is 18.5 Å². The van der Waals surface area contributed by atoms with Gasteiger partial charge in [-0.3, -0.25) is 4.90 Å². The summed E-state index contributed by atoms with van der Waals surface area (Å²) in [6.45, 7) is 6.50. The lowest BCUT2D eigenvalue weighted by Crippen LogP contribution is -2.41. The van der Waals surface area contributed by atoms with Crippen LogP contribution in [-0.2, 0) is 11.8 Å². The van der Waals surface area contributed by atoms with Crippen LogP contribution < -0.4 is 0 Å². The van der Waals surface area contributed by atoms with Gasteiger partial charge >= 0.3 is 6.18 Å². The minimum atomic E-state index is -4.22. The number of alkyl halides is 3. The van der Waals surface area contributed by atoms with Crippen molar-refractivity contribution in [3.63, 3.8) is 0 Å². The molecule has 0 spiro atoms. The molecule has 1 nitrogen and oxygen atoms in total. The van der Waals surface area contributed by atoms with Gasteiger partial charge in [0, 0.05) is 6.54 Å². The van der Waals surface area contributed by atoms with Crippen molar-refractivity contribution < 1.29 is 13.2 Å². The van der Waals surface area contributed by atoms with E-state index in [0.717, 1.165) is 11.1 Å². The molecule has 0 aromatic heterocycles. The Kier molecular flexibility index (Phi) is 3.42. The Morgan fingerprint density at radius 2 is 1.79 bits per heavy atom. The third kappa shape index (κ3) is 2.78. The van der Waals surface area contributed by atoms with Crippen LogP contribution in [0.1, 0.15) is 43.5 Å². The van der Waals surface area contributed by atoms with Crippen LogP contribution in [0.3, 0.4) is 0 Å². The number of rotatable bonds is 0. The first-order chi connectivity index (χ1) is 8.60. The molecule has 1 heterocycles. The lowest BCUT2D eigenvalue weighted by molar-refractivity contribution is -0.185. The lowest BCUT2D eigenvalue weighted by atomic mass is 9.82. The minimum absolute atomic E-state index is 0.138. The molecular formula is C15H20F3N. The molecule has 106 valence electrons. The van der Waals surface area contributed by atoms with Crippen LogP contribution in [0.15, 0.2) is 18.2 Å². The fourth-order valence-electron chi connectivity index (χ4n) is 2.63. The summed E-state index contributed by atoms with van der Waals surface area (Å²) in [6, 6.07) is 4.08. The highest BCUT2D eigenvalue weighted by Gasteiger charge is 2.46. The standard InChI is InChI=1S/C15H20F3N/c1-14(2,3)11-6-5-10-7-8-19(4)13(12(10)9-11)15(16,17)18/h5-6,9,13H,7-8H2,1-4H3. The van der Waals surface area contributed by atoms with Crippen LogP contribution in [0.25, 0.3) is 0 Å². The fourth-order valence-corrected chi connectivity index (χ4v) is 2.63. The van der Waals surface area contributed by atoms with Crippen LogP contribution in [0, 0.1) is 0 Å². The Morgan fingerprint density at radius 3 is 2.32 bits per heavy atom. The molecule has 0 aliphatic carbocycles. The Morgan fingerprint density at radius 1 is 1.16 bits per heavy atom. The molecule has 19 heavy (non-hydrogen) atoms. The van der Waals surface area contributed by atoms with E-state index in [-0.39, 0.29) is 5.41 Å². The highest BCUT2D eigenvalue weighted by molar-refractivity contribution is 5.39. The number of hydrogen-bond acceptors (Lipinski definition) is 1. The zero-order valence-electron chi connectivity index (χ0n) is 11.8. The van der Waals surface area contributed by atoms with Crippen molar-refractivity contribution in [3.05, 3.63) is 34.9 Å². The maximum Gasteiger partial charge on any atom is 0.408 e. The van der Waals surface area contributed by atoms with Gasteiger partial charge in [-0.1, -0.05) is 39.0 Å². The number of hydrogen-bond donors (Lipinski definition) is 0. The molecular weight excluding hydrogens is 251 g/mol. The van der Waals surface area contributed by atoms with E-state index in [4.69, 9.17) is 0 Å². The van der Waals surface area contributed by atoms with Gasteiger partial charge < -0.3 is 0 Å². The summed E-state index contributed by atoms with van der Waals surface area (Å²) < 4.78 is 39.8. The quantitative estimate of drug-likeness (QED) is 0.687. The topological polar surface area (TPSA) is 3.24 Å². The van der Waals surface area contributed by atoms with Crippen molar-refractivity contribution in [1.82, 2.24) is 4.90 Å². The van der Waals surface area contributed by atoms with Gasteiger partial charge in [-0.15, -0.1) is 0 Å². The van der Waals surface area contributed by atoms with Crippen molar-refractivity contribution in [2.45, 2.75) is 44.8 Å². The minimum Gasteiger partial charge on any atom is -0.291 e. The normalized spacial score (nSPS) is 21.3. The summed E-state index contributed by atoms with van der Waals surface area (Å²) in [5, 5.41) is 0. The molecule has 1 aromatic carbocycles. The maximum atomic E-state index is 13.3. The molecule has 4 heteroatoms. The van der Waals surface area contributed by atoms with Gasteiger partial charge in [0.05, 0.1) is 0 Å². The summed E-state index contributed by atoms with van der Waals surface area (Å²) in [7, 11) is 1.55. The van der Waals surface area contributed by atoms with Gasteiger partial charge in [0.1, 0.15) is 6.04 Å². The Labute approximate surface area is 112 Å². The number of benzene rings is 1. The predicted octanol–water partition coefficient (Wildman–Crippen LogP) is 4.08. The summed E-state index contributed by atoms with van der Waals surface area (Å²) >= 11 is 0. The van der Waals surface area contributed by atoms with Gasteiger partial charge in [-0.25, -0.2) is 0 Å². The number of halogens is 3. The van der Waals surface area contributed by atoms with Crippen LogP contribution in [-0.4, -0.2) is 24.7 Å². The Hall–Kier alpha value is -1.03. The smallest absolute Gasteiger partial charge is 0.291 e. The van der Waals surface area contributed by atoms with Crippen molar-refractivity contribution in [2.75, 3.05) is 13.6 Å². The first-order valence-electron chi connectivity index (χ1n) is 6.51. The van der Waals surface area contributed by atoms with E-state index in [1.807, 2.05) is 32.9 Å². The molecule has 1 atom stereocenters. The molecule has 2 rings (SSSR count). The summed E-state index contributed by atoms with van der Waals surface area (Å²) in [5.41, 5.74) is 2.07. The van der Waals surface area contributed by atoms with Gasteiger partial charge in [0.15, 0.2) is 0 Å². The fraction of sp³-hybridized carbons (Fsp3) is 0.600. The highest BCUT2D eigenvalue weighted by Crippen LogP contribution is 2.42. The van der Waals surface area contributed by atoms with Crippen LogP contribution in [0.2, 0.25) is 0 Å². The first kappa shape index (κ1) is 14.4. The molecule has 0 amide bonds. The molecule has 1 aromatic rings. The largest absolute Gasteiger partial charge is 0.408 e. The molecule has 0 saturated heterocycles. The van der Waals surface area contributed by atoms with E-state index in [9.17, 15) is 13.2 Å². The second kappa shape index (κ2) is 4.51. The average Bonchev–Trinajstić information content (AvgIpc) is 2.24. The molecule has 1 aliphatic heterocycles. The van der Waals surface area contributed by atoms with E-state index in [1.165, 1.54) is 4.90 Å². The second-order valence-corrected chi connectivity index (χ2v) is 6.34. The van der Waals surface area contributed by atoms with Crippen LogP contribution in [0.4, 0.5) is 13.2 Å². The number of nitrogens with zero attached hydrogens (tertiary/aromatic N) is 1. The molecule has 0 bridgehead atoms. The highest BCUT2D eigenvalue weighted by atomic mass is 19.4. The van der Waals surface area contributed by atoms with Gasteiger partial charge in [-0.05, 0) is 35.6 Å². The predicted molar refractivity (Wildman–Crippen MR) is 70.3 cm³/mol. The van der Waals surface area contributed by atoms with Crippen molar-refractivity contribution in [1.29, 1.82) is 0 Å². The average molecular weight is 271 g/mol. The van der Waals surface area contributed by atoms with Crippen molar-refractivity contribution in [3.8, 4) is 0 Å². The zero-order valence-corrected chi connectivity index (χ0v) is 11.8. The number of fused-ring (bicyclic) bond motifs is 1. The van der Waals surface area contributed by atoms with E-state index in [1.54, 1.807) is 13.1 Å². The SMILES string of the molecule is CN1CCc2ccc(C(C)(C)C)cc2C1C(F)(F)F. The van der Waals surface area contributed by atoms with E-state index in [2.05, 4.69) is 0 Å². The molecule has 0 N–H and O–H groups in total. The second-order valence-electron chi connectivity index (χ2n) is 6.34. The first-order valence-corrected chi connectivity index (χ1v) is 6.51. The molecule has 1 unspecified atom stereocenters. The third-order valence-corrected chi connectivity index (χ3v) is 3.79. The van der Waals surface area contributed by atoms with Crippen LogP contribution in [0.5, 0.6) is 0 Å². The summed E-state index contributed by atoms with van der Waals surface area (Å²) in [4.78, 5) is 1.40. The lowest BCUT2D eigenvalue weighted by Gasteiger charge is -2.36. The van der Waals surface area contributed by atoms with Gasteiger partial charge in [-0.2, -0.15) is 13.2 Å². The summed E-state index contributed by atoms with van der Waals surface area (Å²) in [5.74, 6) is 0. The van der Waals surface area contributed by atoms with E-state index < -0.39 is 12.2 Å². The van der Waals surface area contributed by atoms with E-state index >= 15 is 0 Å². The van der Waals surface area contributed by atoms with Crippen molar-refractivity contribution >= 4 is 0 Å². The maximum absolute atomic E-state index is 13.3. The van der Waals surface area contributed by atoms with Gasteiger partial charge in [0.25, 0.3) is 0 Å². The molecule has 0 fully saturated rings.